The number of aromatic nitrogens is 2. The molecule has 0 aliphatic rings. The molecular weight excluding hydrogens is 286 g/mol. The molecule has 0 spiro atoms. The van der Waals surface area contributed by atoms with Gasteiger partial charge >= 0.3 is 0 Å². The summed E-state index contributed by atoms with van der Waals surface area (Å²) in [7, 11) is 0. The molecule has 1 amide bonds. The fourth-order valence-electron chi connectivity index (χ4n) is 2.51. The van der Waals surface area contributed by atoms with Crippen molar-refractivity contribution in [3.63, 3.8) is 0 Å². The number of amides is 1. The Morgan fingerprint density at radius 3 is 2.39 bits per heavy atom. The Balaban J connectivity index is 1.63. The van der Waals surface area contributed by atoms with Crippen molar-refractivity contribution >= 4 is 5.91 Å². The number of nitrogens with zero attached hydrogens (tertiary/aromatic N) is 2. The quantitative estimate of drug-likeness (QED) is 0.785. The molecular formula is C19H19N3O. The summed E-state index contributed by atoms with van der Waals surface area (Å²) in [6.45, 7) is 2.22. The first-order valence-electron chi connectivity index (χ1n) is 7.64. The van der Waals surface area contributed by atoms with E-state index in [1.54, 1.807) is 23.1 Å². The Morgan fingerprint density at radius 2 is 1.74 bits per heavy atom. The summed E-state index contributed by atoms with van der Waals surface area (Å²) in [5.74, 6) is -0.0478. The second-order valence-corrected chi connectivity index (χ2v) is 5.48. The molecule has 3 rings (SSSR count). The second-order valence-electron chi connectivity index (χ2n) is 5.48. The summed E-state index contributed by atoms with van der Waals surface area (Å²) in [5, 5.41) is 7.03. The lowest BCUT2D eigenvalue weighted by atomic mass is 10.0. The summed E-state index contributed by atoms with van der Waals surface area (Å²) in [4.78, 5) is 12.0. The van der Waals surface area contributed by atoms with Gasteiger partial charge in [0.05, 0.1) is 6.04 Å². The molecule has 3 aromatic rings. The summed E-state index contributed by atoms with van der Waals surface area (Å²) >= 11 is 0. The minimum Gasteiger partial charge on any atom is -0.348 e. The molecule has 1 atom stereocenters. The highest BCUT2D eigenvalue weighted by molar-refractivity contribution is 5.76. The molecule has 0 saturated carbocycles. The van der Waals surface area contributed by atoms with Crippen LogP contribution in [0.5, 0.6) is 0 Å². The predicted octanol–water partition coefficient (Wildman–Crippen LogP) is 3.43. The maximum absolute atomic E-state index is 12.0. The summed E-state index contributed by atoms with van der Waals surface area (Å²) < 4.78 is 1.61. The first kappa shape index (κ1) is 15.0. The van der Waals surface area contributed by atoms with Gasteiger partial charge in [0.15, 0.2) is 0 Å². The lowest BCUT2D eigenvalue weighted by Crippen LogP contribution is -2.30. The van der Waals surface area contributed by atoms with Crippen molar-refractivity contribution in [1.82, 2.24) is 15.1 Å². The van der Waals surface area contributed by atoms with Crippen LogP contribution in [-0.4, -0.2) is 15.7 Å². The summed E-state index contributed by atoms with van der Waals surface area (Å²) in [6, 6.07) is 20.3. The van der Waals surface area contributed by atoms with Gasteiger partial charge in [0.2, 0.25) is 5.91 Å². The van der Waals surface area contributed by atoms with Gasteiger partial charge in [-0.3, -0.25) is 9.48 Å². The molecule has 0 saturated heterocycles. The third-order valence-electron chi connectivity index (χ3n) is 3.76. The van der Waals surface area contributed by atoms with Crippen LogP contribution in [0, 0.1) is 0 Å². The number of carbonyl (C=O) groups is 1. The van der Waals surface area contributed by atoms with E-state index in [-0.39, 0.29) is 18.5 Å². The van der Waals surface area contributed by atoms with Gasteiger partial charge < -0.3 is 5.32 Å². The maximum Gasteiger partial charge on any atom is 0.242 e. The molecule has 0 bridgehead atoms. The van der Waals surface area contributed by atoms with Crippen LogP contribution >= 0.6 is 0 Å². The van der Waals surface area contributed by atoms with Crippen molar-refractivity contribution in [3.8, 4) is 11.1 Å². The normalized spacial score (nSPS) is 11.9. The van der Waals surface area contributed by atoms with Crippen LogP contribution in [-0.2, 0) is 11.3 Å². The zero-order valence-corrected chi connectivity index (χ0v) is 13.0. The number of hydrogen-bond donors (Lipinski definition) is 1. The number of benzene rings is 2. The molecule has 2 aromatic carbocycles. The smallest absolute Gasteiger partial charge is 0.242 e. The molecule has 0 aliphatic heterocycles. The number of carbonyl (C=O) groups excluding carboxylic acids is 1. The van der Waals surface area contributed by atoms with Gasteiger partial charge in [-0.15, -0.1) is 0 Å². The first-order chi connectivity index (χ1) is 11.2. The Hall–Kier alpha value is -2.88. The summed E-state index contributed by atoms with van der Waals surface area (Å²) in [5.41, 5.74) is 3.44. The van der Waals surface area contributed by atoms with Gasteiger partial charge in [-0.1, -0.05) is 54.6 Å². The van der Waals surface area contributed by atoms with E-state index in [1.807, 2.05) is 25.1 Å². The van der Waals surface area contributed by atoms with Crippen molar-refractivity contribution in [2.24, 2.45) is 0 Å². The Morgan fingerprint density at radius 1 is 1.04 bits per heavy atom. The first-order valence-corrected chi connectivity index (χ1v) is 7.64. The van der Waals surface area contributed by atoms with Crippen LogP contribution in [0.2, 0.25) is 0 Å². The SMILES string of the molecule is CC(NC(=O)Cn1cccn1)c1ccc(-c2ccccc2)cc1. The van der Waals surface area contributed by atoms with Gasteiger partial charge in [-0.05, 0) is 29.7 Å². The molecule has 0 aliphatic carbocycles. The van der Waals surface area contributed by atoms with E-state index in [2.05, 4.69) is 46.8 Å². The van der Waals surface area contributed by atoms with Crippen molar-refractivity contribution in [2.75, 3.05) is 0 Å². The predicted molar refractivity (Wildman–Crippen MR) is 90.7 cm³/mol. The minimum atomic E-state index is -0.0478. The third-order valence-corrected chi connectivity index (χ3v) is 3.76. The molecule has 1 aromatic heterocycles. The van der Waals surface area contributed by atoms with Crippen LogP contribution in [0.1, 0.15) is 18.5 Å². The number of rotatable bonds is 5. The largest absolute Gasteiger partial charge is 0.348 e. The maximum atomic E-state index is 12.0. The molecule has 0 fully saturated rings. The van der Waals surface area contributed by atoms with Crippen molar-refractivity contribution in [2.45, 2.75) is 19.5 Å². The molecule has 1 unspecified atom stereocenters. The highest BCUT2D eigenvalue weighted by Gasteiger charge is 2.10. The standard InChI is InChI=1S/C19H19N3O/c1-15(21-19(23)14-22-13-5-12-20-22)16-8-10-18(11-9-16)17-6-3-2-4-7-17/h2-13,15H,14H2,1H3,(H,21,23). The molecule has 0 radical (unpaired) electrons. The van der Waals surface area contributed by atoms with E-state index in [9.17, 15) is 4.79 Å². The van der Waals surface area contributed by atoms with Crippen molar-refractivity contribution < 1.29 is 4.79 Å². The topological polar surface area (TPSA) is 46.9 Å². The molecule has 4 heteroatoms. The average molecular weight is 305 g/mol. The highest BCUT2D eigenvalue weighted by Crippen LogP contribution is 2.21. The Labute approximate surface area is 135 Å². The Kier molecular flexibility index (Phi) is 4.52. The molecule has 1 N–H and O–H groups in total. The van der Waals surface area contributed by atoms with Crippen LogP contribution in [0.25, 0.3) is 11.1 Å². The molecule has 116 valence electrons. The van der Waals surface area contributed by atoms with Crippen LogP contribution < -0.4 is 5.32 Å². The van der Waals surface area contributed by atoms with Crippen molar-refractivity contribution in [1.29, 1.82) is 0 Å². The van der Waals surface area contributed by atoms with Gasteiger partial charge in [0.1, 0.15) is 6.54 Å². The minimum absolute atomic E-state index is 0.0390. The van der Waals surface area contributed by atoms with Gasteiger partial charge in [0, 0.05) is 12.4 Å². The van der Waals surface area contributed by atoms with E-state index in [4.69, 9.17) is 0 Å². The fourth-order valence-corrected chi connectivity index (χ4v) is 2.51. The van der Waals surface area contributed by atoms with E-state index in [0.717, 1.165) is 5.56 Å². The number of nitrogens with one attached hydrogen (secondary N) is 1. The second kappa shape index (κ2) is 6.92. The lowest BCUT2D eigenvalue weighted by Gasteiger charge is -2.15. The van der Waals surface area contributed by atoms with E-state index < -0.39 is 0 Å². The summed E-state index contributed by atoms with van der Waals surface area (Å²) in [6.07, 6.45) is 3.44. The van der Waals surface area contributed by atoms with Crippen LogP contribution in [0.3, 0.4) is 0 Å². The number of hydrogen-bond acceptors (Lipinski definition) is 2. The monoisotopic (exact) mass is 305 g/mol. The molecule has 1 heterocycles. The van der Waals surface area contributed by atoms with E-state index >= 15 is 0 Å². The average Bonchev–Trinajstić information content (AvgIpc) is 3.08. The van der Waals surface area contributed by atoms with Gasteiger partial charge in [-0.25, -0.2) is 0 Å². The lowest BCUT2D eigenvalue weighted by molar-refractivity contribution is -0.122. The molecule has 23 heavy (non-hydrogen) atoms. The van der Waals surface area contributed by atoms with E-state index in [0.29, 0.717) is 0 Å². The highest BCUT2D eigenvalue weighted by atomic mass is 16.2. The van der Waals surface area contributed by atoms with E-state index in [1.165, 1.54) is 11.1 Å². The Bertz CT molecular complexity index is 749. The van der Waals surface area contributed by atoms with Crippen molar-refractivity contribution in [3.05, 3.63) is 78.6 Å². The molecule has 4 nitrogen and oxygen atoms in total. The zero-order chi connectivity index (χ0) is 16.1. The van der Waals surface area contributed by atoms with Gasteiger partial charge in [-0.2, -0.15) is 5.10 Å². The van der Waals surface area contributed by atoms with Gasteiger partial charge in [0.25, 0.3) is 0 Å². The van der Waals surface area contributed by atoms with Crippen LogP contribution in [0.4, 0.5) is 0 Å². The fraction of sp³-hybridized carbons (Fsp3) is 0.158. The zero-order valence-electron chi connectivity index (χ0n) is 13.0. The van der Waals surface area contributed by atoms with Crippen LogP contribution in [0.15, 0.2) is 73.1 Å². The third kappa shape index (κ3) is 3.86.